The Bertz CT molecular complexity index is 380. The van der Waals surface area contributed by atoms with Gasteiger partial charge in [-0.3, -0.25) is 14.5 Å². The third kappa shape index (κ3) is 7.28. The fraction of sp³-hybridized carbons (Fsp3) is 0.875. The van der Waals surface area contributed by atoms with Gasteiger partial charge in [-0.15, -0.1) is 0 Å². The molecule has 0 saturated carbocycles. The van der Waals surface area contributed by atoms with E-state index in [0.29, 0.717) is 13.1 Å². The van der Waals surface area contributed by atoms with Crippen molar-refractivity contribution >= 4 is 11.8 Å². The van der Waals surface area contributed by atoms with E-state index in [-0.39, 0.29) is 30.4 Å². The zero-order chi connectivity index (χ0) is 17.4. The molecule has 1 fully saturated rings. The number of carbonyl (C=O) groups excluding carboxylic acids is 2. The molecular weight excluding hydrogens is 296 g/mol. The number of nitrogens with zero attached hydrogens (tertiary/aromatic N) is 2. The van der Waals surface area contributed by atoms with E-state index in [2.05, 4.69) is 10.2 Å². The van der Waals surface area contributed by atoms with Crippen LogP contribution in [0, 0.1) is 5.92 Å². The zero-order valence-electron chi connectivity index (χ0n) is 14.9. The second-order valence-corrected chi connectivity index (χ2v) is 6.63. The molecule has 134 valence electrons. The number of hydrogen-bond acceptors (Lipinski definition) is 5. The number of hydrogen-bond donors (Lipinski definition) is 2. The summed E-state index contributed by atoms with van der Waals surface area (Å²) in [5.41, 5.74) is 5.76. The van der Waals surface area contributed by atoms with Crippen LogP contribution in [-0.2, 0) is 14.3 Å². The molecule has 0 aromatic rings. The summed E-state index contributed by atoms with van der Waals surface area (Å²) in [6.45, 7) is 12.5. The summed E-state index contributed by atoms with van der Waals surface area (Å²) in [5, 5.41) is 2.63. The van der Waals surface area contributed by atoms with Gasteiger partial charge in [-0.2, -0.15) is 0 Å². The molecule has 1 aliphatic rings. The Hall–Kier alpha value is -1.18. The lowest BCUT2D eigenvalue weighted by atomic mass is 10.1. The lowest BCUT2D eigenvalue weighted by Gasteiger charge is -2.34. The Kier molecular flexibility index (Phi) is 8.51. The van der Waals surface area contributed by atoms with E-state index in [1.54, 1.807) is 4.90 Å². The van der Waals surface area contributed by atoms with Crippen molar-refractivity contribution in [3.63, 3.8) is 0 Å². The van der Waals surface area contributed by atoms with Crippen LogP contribution in [0.4, 0.5) is 0 Å². The molecule has 2 amide bonds. The minimum Gasteiger partial charge on any atom is -0.377 e. The van der Waals surface area contributed by atoms with Crippen molar-refractivity contribution in [3.05, 3.63) is 0 Å². The van der Waals surface area contributed by atoms with Gasteiger partial charge in [0.15, 0.2) is 0 Å². The van der Waals surface area contributed by atoms with Crippen LogP contribution in [0.15, 0.2) is 0 Å². The van der Waals surface area contributed by atoms with Crippen molar-refractivity contribution in [2.24, 2.45) is 11.7 Å². The monoisotopic (exact) mass is 328 g/mol. The fourth-order valence-electron chi connectivity index (χ4n) is 2.33. The van der Waals surface area contributed by atoms with E-state index in [1.165, 1.54) is 0 Å². The Morgan fingerprint density at radius 3 is 2.26 bits per heavy atom. The maximum Gasteiger partial charge on any atom is 0.242 e. The number of amides is 2. The van der Waals surface area contributed by atoms with Crippen LogP contribution in [-0.4, -0.2) is 79.6 Å². The van der Waals surface area contributed by atoms with E-state index in [0.717, 1.165) is 26.2 Å². The molecule has 7 nitrogen and oxygen atoms in total. The number of piperazine rings is 1. The molecule has 1 rings (SSSR count). The molecular formula is C16H32N4O3. The lowest BCUT2D eigenvalue weighted by molar-refractivity contribution is -0.134. The summed E-state index contributed by atoms with van der Waals surface area (Å²) >= 11 is 0. The maximum atomic E-state index is 12.1. The van der Waals surface area contributed by atoms with Crippen molar-refractivity contribution < 1.29 is 14.3 Å². The molecule has 23 heavy (non-hydrogen) atoms. The van der Waals surface area contributed by atoms with Crippen LogP contribution < -0.4 is 11.1 Å². The Morgan fingerprint density at radius 2 is 1.74 bits per heavy atom. The molecule has 1 heterocycles. The third-order valence-electron chi connectivity index (χ3n) is 4.02. The molecule has 1 saturated heterocycles. The zero-order valence-corrected chi connectivity index (χ0v) is 14.9. The van der Waals surface area contributed by atoms with E-state index in [9.17, 15) is 9.59 Å². The molecule has 0 unspecified atom stereocenters. The molecule has 0 aromatic carbocycles. The van der Waals surface area contributed by atoms with Gasteiger partial charge >= 0.3 is 0 Å². The summed E-state index contributed by atoms with van der Waals surface area (Å²) in [6.07, 6.45) is 0.249. The molecule has 0 radical (unpaired) electrons. The minimum atomic E-state index is -0.569. The number of carbonyl (C=O) groups is 2. The average Bonchev–Trinajstić information content (AvgIpc) is 2.51. The van der Waals surface area contributed by atoms with Crippen molar-refractivity contribution in [2.75, 3.05) is 45.9 Å². The van der Waals surface area contributed by atoms with Crippen LogP contribution in [0.2, 0.25) is 0 Å². The van der Waals surface area contributed by atoms with E-state index in [4.69, 9.17) is 10.5 Å². The predicted octanol–water partition coefficient (Wildman–Crippen LogP) is -0.345. The van der Waals surface area contributed by atoms with Crippen molar-refractivity contribution in [1.29, 1.82) is 0 Å². The molecule has 3 N–H and O–H groups in total. The highest BCUT2D eigenvalue weighted by Crippen LogP contribution is 2.03. The molecule has 0 bridgehead atoms. The SMILES string of the molecule is CC(C)OCCN1CCN(C(=O)CNC(=O)[C@@H](N)C(C)C)CC1. The van der Waals surface area contributed by atoms with E-state index < -0.39 is 6.04 Å². The molecule has 7 heteroatoms. The topological polar surface area (TPSA) is 87.9 Å². The summed E-state index contributed by atoms with van der Waals surface area (Å²) in [7, 11) is 0. The predicted molar refractivity (Wildman–Crippen MR) is 89.9 cm³/mol. The first kappa shape index (κ1) is 19.9. The molecule has 0 spiro atoms. The van der Waals surface area contributed by atoms with Crippen LogP contribution in [0.5, 0.6) is 0 Å². The van der Waals surface area contributed by atoms with Gasteiger partial charge in [0, 0.05) is 32.7 Å². The van der Waals surface area contributed by atoms with Gasteiger partial charge in [0.2, 0.25) is 11.8 Å². The molecule has 0 aliphatic carbocycles. The number of ether oxygens (including phenoxy) is 1. The summed E-state index contributed by atoms with van der Waals surface area (Å²) in [6, 6.07) is -0.569. The summed E-state index contributed by atoms with van der Waals surface area (Å²) in [5.74, 6) is -0.257. The Morgan fingerprint density at radius 1 is 1.13 bits per heavy atom. The van der Waals surface area contributed by atoms with Gasteiger partial charge in [0.05, 0.1) is 25.3 Å². The van der Waals surface area contributed by atoms with Crippen molar-refractivity contribution in [3.8, 4) is 0 Å². The largest absolute Gasteiger partial charge is 0.377 e. The van der Waals surface area contributed by atoms with Crippen LogP contribution in [0.1, 0.15) is 27.7 Å². The van der Waals surface area contributed by atoms with Crippen LogP contribution in [0.3, 0.4) is 0 Å². The number of rotatable bonds is 8. The Labute approximate surface area is 139 Å². The maximum absolute atomic E-state index is 12.1. The highest BCUT2D eigenvalue weighted by Gasteiger charge is 2.22. The highest BCUT2D eigenvalue weighted by molar-refractivity contribution is 5.87. The van der Waals surface area contributed by atoms with Gasteiger partial charge in [-0.05, 0) is 19.8 Å². The van der Waals surface area contributed by atoms with Gasteiger partial charge < -0.3 is 20.7 Å². The summed E-state index contributed by atoms with van der Waals surface area (Å²) < 4.78 is 5.54. The highest BCUT2D eigenvalue weighted by atomic mass is 16.5. The quantitative estimate of drug-likeness (QED) is 0.636. The average molecular weight is 328 g/mol. The first-order chi connectivity index (χ1) is 10.8. The van der Waals surface area contributed by atoms with Crippen molar-refractivity contribution in [1.82, 2.24) is 15.1 Å². The lowest BCUT2D eigenvalue weighted by Crippen LogP contribution is -2.53. The smallest absolute Gasteiger partial charge is 0.242 e. The van der Waals surface area contributed by atoms with Crippen molar-refractivity contribution in [2.45, 2.75) is 39.8 Å². The molecule has 1 aliphatic heterocycles. The van der Waals surface area contributed by atoms with E-state index >= 15 is 0 Å². The first-order valence-corrected chi connectivity index (χ1v) is 8.46. The van der Waals surface area contributed by atoms with Crippen LogP contribution in [0.25, 0.3) is 0 Å². The van der Waals surface area contributed by atoms with Gasteiger partial charge in [0.1, 0.15) is 0 Å². The normalized spacial score (nSPS) is 17.6. The third-order valence-corrected chi connectivity index (χ3v) is 4.02. The van der Waals surface area contributed by atoms with Gasteiger partial charge in [-0.1, -0.05) is 13.8 Å². The molecule has 1 atom stereocenters. The standard InChI is InChI=1S/C16H32N4O3/c1-12(2)15(17)16(22)18-11-14(21)20-7-5-19(6-8-20)9-10-23-13(3)4/h12-13,15H,5-11,17H2,1-4H3,(H,18,22)/t15-/m0/s1. The number of nitrogens with one attached hydrogen (secondary N) is 1. The fourth-order valence-corrected chi connectivity index (χ4v) is 2.33. The second kappa shape index (κ2) is 9.85. The summed E-state index contributed by atoms with van der Waals surface area (Å²) in [4.78, 5) is 28.0. The second-order valence-electron chi connectivity index (χ2n) is 6.63. The van der Waals surface area contributed by atoms with Crippen LogP contribution >= 0.6 is 0 Å². The van der Waals surface area contributed by atoms with Gasteiger partial charge in [-0.25, -0.2) is 0 Å². The number of nitrogens with two attached hydrogens (primary N) is 1. The Balaban J connectivity index is 2.23. The van der Waals surface area contributed by atoms with E-state index in [1.807, 2.05) is 27.7 Å². The molecule has 0 aromatic heterocycles. The van der Waals surface area contributed by atoms with Gasteiger partial charge in [0.25, 0.3) is 0 Å². The minimum absolute atomic E-state index is 0.0235. The first-order valence-electron chi connectivity index (χ1n) is 8.46.